The lowest BCUT2D eigenvalue weighted by atomic mass is 10.0. The van der Waals surface area contributed by atoms with E-state index in [1.165, 1.54) is 0 Å². The Morgan fingerprint density at radius 2 is 1.57 bits per heavy atom. The van der Waals surface area contributed by atoms with Crippen molar-refractivity contribution >= 4 is 66.9 Å². The molecule has 7 aromatic rings. The second-order valence-electron chi connectivity index (χ2n) is 10.7. The van der Waals surface area contributed by atoms with Gasteiger partial charge in [0.15, 0.2) is 7.14 Å². The third-order valence-corrected chi connectivity index (χ3v) is 11.7. The molecule has 0 saturated carbocycles. The Morgan fingerprint density at radius 3 is 2.43 bits per heavy atom. The highest BCUT2D eigenvalue weighted by molar-refractivity contribution is 7.83. The van der Waals surface area contributed by atoms with Crippen molar-refractivity contribution in [3.8, 4) is 5.69 Å². The maximum absolute atomic E-state index is 15.2. The molecule has 0 N–H and O–H groups in total. The van der Waals surface area contributed by atoms with Crippen LogP contribution >= 0.6 is 7.14 Å². The minimum absolute atomic E-state index is 0.842. The van der Waals surface area contributed by atoms with Crippen molar-refractivity contribution in [1.29, 1.82) is 0 Å². The quantitative estimate of drug-likeness (QED) is 0.123. The number of hydrogen-bond acceptors (Lipinski definition) is 3. The van der Waals surface area contributed by atoms with Gasteiger partial charge in [-0.05, 0) is 48.4 Å². The van der Waals surface area contributed by atoms with Crippen LogP contribution in [0.5, 0.6) is 0 Å². The Bertz CT molecular complexity index is 2360. The summed E-state index contributed by atoms with van der Waals surface area (Å²) in [5.41, 5.74) is 6.96. The van der Waals surface area contributed by atoms with E-state index in [1.54, 1.807) is 6.08 Å². The van der Waals surface area contributed by atoms with E-state index in [0.717, 1.165) is 76.4 Å². The van der Waals surface area contributed by atoms with Crippen LogP contribution in [-0.2, 0) is 4.57 Å². The molecule has 0 bridgehead atoms. The van der Waals surface area contributed by atoms with E-state index < -0.39 is 7.14 Å². The lowest BCUT2D eigenvalue weighted by molar-refractivity contribution is 0.591. The Hall–Kier alpha value is -5.05. The molecule has 0 aliphatic carbocycles. The number of hydrogen-bond donors (Lipinski definition) is 0. The second-order valence-corrected chi connectivity index (χ2v) is 13.4. The zero-order valence-corrected chi connectivity index (χ0v) is 23.9. The molecule has 0 radical (unpaired) electrons. The molecule has 4 nitrogen and oxygen atoms in total. The van der Waals surface area contributed by atoms with Crippen LogP contribution in [0.3, 0.4) is 0 Å². The van der Waals surface area contributed by atoms with Crippen LogP contribution in [0.25, 0.3) is 54.9 Å². The molecule has 200 valence electrons. The Labute approximate surface area is 243 Å². The van der Waals surface area contributed by atoms with E-state index in [9.17, 15) is 0 Å². The summed E-state index contributed by atoms with van der Waals surface area (Å²) in [6.45, 7) is 5.94. The molecule has 0 amide bonds. The number of nitrogens with zero attached hydrogens (tertiary/aromatic N) is 3. The lowest BCUT2D eigenvalue weighted by Crippen LogP contribution is -2.15. The van der Waals surface area contributed by atoms with E-state index in [-0.39, 0.29) is 0 Å². The summed E-state index contributed by atoms with van der Waals surface area (Å²) < 4.78 is 17.5. The van der Waals surface area contributed by atoms with Gasteiger partial charge in [0.05, 0.1) is 34.0 Å². The molecule has 1 atom stereocenters. The highest BCUT2D eigenvalue weighted by Crippen LogP contribution is 2.61. The van der Waals surface area contributed by atoms with E-state index in [1.807, 2.05) is 60.9 Å². The van der Waals surface area contributed by atoms with Gasteiger partial charge in [0, 0.05) is 43.7 Å². The van der Waals surface area contributed by atoms with Gasteiger partial charge in [-0.25, -0.2) is 0 Å². The van der Waals surface area contributed by atoms with Crippen molar-refractivity contribution in [2.24, 2.45) is 0 Å². The molecule has 4 heterocycles. The van der Waals surface area contributed by atoms with Crippen LogP contribution in [0.15, 0.2) is 140 Å². The molecule has 42 heavy (non-hydrogen) atoms. The van der Waals surface area contributed by atoms with Crippen LogP contribution in [-0.4, -0.2) is 14.5 Å². The molecule has 8 rings (SSSR count). The molecule has 1 aliphatic heterocycles. The van der Waals surface area contributed by atoms with Crippen LogP contribution in [0.4, 0.5) is 0 Å². The summed E-state index contributed by atoms with van der Waals surface area (Å²) in [5, 5.41) is 6.88. The molecular formula is C37H26N3OP. The van der Waals surface area contributed by atoms with Gasteiger partial charge in [-0.3, -0.25) is 9.97 Å². The first-order valence-electron chi connectivity index (χ1n) is 14.0. The minimum atomic E-state index is -3.09. The summed E-state index contributed by atoms with van der Waals surface area (Å²) in [4.78, 5) is 9.52. The molecule has 5 heteroatoms. The van der Waals surface area contributed by atoms with Crippen molar-refractivity contribution in [1.82, 2.24) is 14.5 Å². The van der Waals surface area contributed by atoms with Crippen LogP contribution in [0.2, 0.25) is 0 Å². The summed E-state index contributed by atoms with van der Waals surface area (Å²) in [7, 11) is -3.09. The van der Waals surface area contributed by atoms with Gasteiger partial charge in [-0.15, -0.1) is 0 Å². The standard InChI is InChI=1S/C37H26N3OP/c1-3-4-16-34-24(2)30-21-33-31(22-35(30)42(34,41)28-12-6-5-7-13-28)29-14-8-9-15-32(29)40(33)27-20-26-18-17-25-11-10-19-38-36(25)37(26)39-23-27/h3-23H,1H2,2H3/b16-4-. The zero-order valence-electron chi connectivity index (χ0n) is 23.0. The third-order valence-electron chi connectivity index (χ3n) is 8.43. The minimum Gasteiger partial charge on any atom is -0.309 e. The SMILES string of the molecule is C=C/C=C\C1=C(C)c2cc3c(cc2P1(=O)c1ccccc1)c1ccccc1n3-c1cnc2c(ccc3cccnc32)c1. The number of rotatable bonds is 4. The molecule has 4 aromatic carbocycles. The number of pyridine rings is 2. The normalized spacial score (nSPS) is 16.8. The first kappa shape index (κ1) is 24.7. The van der Waals surface area contributed by atoms with E-state index in [4.69, 9.17) is 4.98 Å². The molecule has 0 saturated heterocycles. The molecule has 3 aromatic heterocycles. The molecule has 0 spiro atoms. The van der Waals surface area contributed by atoms with Crippen molar-refractivity contribution in [2.45, 2.75) is 6.92 Å². The first-order chi connectivity index (χ1) is 20.6. The average Bonchev–Trinajstić information content (AvgIpc) is 3.47. The fourth-order valence-corrected chi connectivity index (χ4v) is 9.68. The van der Waals surface area contributed by atoms with E-state index >= 15 is 4.57 Å². The lowest BCUT2D eigenvalue weighted by Gasteiger charge is -2.17. The van der Waals surface area contributed by atoms with Crippen LogP contribution < -0.4 is 10.6 Å². The maximum Gasteiger partial charge on any atom is 0.171 e. The molecular weight excluding hydrogens is 533 g/mol. The summed E-state index contributed by atoms with van der Waals surface area (Å²) >= 11 is 0. The van der Waals surface area contributed by atoms with Gasteiger partial charge < -0.3 is 9.13 Å². The van der Waals surface area contributed by atoms with Crippen molar-refractivity contribution in [3.05, 3.63) is 145 Å². The Morgan fingerprint density at radius 1 is 0.786 bits per heavy atom. The van der Waals surface area contributed by atoms with Gasteiger partial charge in [0.25, 0.3) is 0 Å². The van der Waals surface area contributed by atoms with E-state index in [2.05, 4.69) is 83.7 Å². The van der Waals surface area contributed by atoms with Crippen LogP contribution in [0.1, 0.15) is 12.5 Å². The molecule has 0 fully saturated rings. The first-order valence-corrected chi connectivity index (χ1v) is 15.7. The summed E-state index contributed by atoms with van der Waals surface area (Å²) in [5.74, 6) is 0. The third kappa shape index (κ3) is 3.39. The predicted molar refractivity (Wildman–Crippen MR) is 177 cm³/mol. The zero-order chi connectivity index (χ0) is 28.4. The topological polar surface area (TPSA) is 47.8 Å². The van der Waals surface area contributed by atoms with Crippen molar-refractivity contribution < 1.29 is 4.57 Å². The largest absolute Gasteiger partial charge is 0.309 e. The van der Waals surface area contributed by atoms with Gasteiger partial charge in [0.2, 0.25) is 0 Å². The van der Waals surface area contributed by atoms with Gasteiger partial charge >= 0.3 is 0 Å². The fraction of sp³-hybridized carbons (Fsp3) is 0.0270. The van der Waals surface area contributed by atoms with Crippen molar-refractivity contribution in [3.63, 3.8) is 0 Å². The number of allylic oxidation sites excluding steroid dienone is 5. The highest BCUT2D eigenvalue weighted by Gasteiger charge is 2.40. The second kappa shape index (κ2) is 9.24. The van der Waals surface area contributed by atoms with Crippen LogP contribution in [0, 0.1) is 0 Å². The number of benzene rings is 4. The predicted octanol–water partition coefficient (Wildman–Crippen LogP) is 8.68. The Balaban J connectivity index is 1.44. The fourth-order valence-electron chi connectivity index (χ4n) is 6.50. The number of fused-ring (bicyclic) bond motifs is 7. The number of aromatic nitrogens is 3. The Kier molecular flexibility index (Phi) is 5.44. The number of para-hydroxylation sites is 1. The van der Waals surface area contributed by atoms with Gasteiger partial charge in [-0.1, -0.05) is 91.5 Å². The smallest absolute Gasteiger partial charge is 0.171 e. The maximum atomic E-state index is 15.2. The highest BCUT2D eigenvalue weighted by atomic mass is 31.2. The van der Waals surface area contributed by atoms with Gasteiger partial charge in [-0.2, -0.15) is 0 Å². The molecule has 1 unspecified atom stereocenters. The average molecular weight is 560 g/mol. The monoisotopic (exact) mass is 559 g/mol. The summed E-state index contributed by atoms with van der Waals surface area (Å²) in [6, 6.07) is 33.1. The van der Waals surface area contributed by atoms with Gasteiger partial charge in [0.1, 0.15) is 0 Å². The summed E-state index contributed by atoms with van der Waals surface area (Å²) in [6.07, 6.45) is 9.34. The molecule has 1 aliphatic rings. The van der Waals surface area contributed by atoms with Crippen molar-refractivity contribution in [2.75, 3.05) is 0 Å². The van der Waals surface area contributed by atoms with E-state index in [0.29, 0.717) is 0 Å².